The Hall–Kier alpha value is -1.45. The minimum atomic E-state index is -0.337. The summed E-state index contributed by atoms with van der Waals surface area (Å²) in [6, 6.07) is 8.15. The van der Waals surface area contributed by atoms with E-state index < -0.39 is 0 Å². The van der Waals surface area contributed by atoms with Crippen LogP contribution in [0.2, 0.25) is 10.0 Å². The SMILES string of the molecule is Cc1ccc(C(=O)Nc2cc(Cl)cc(Cl)c2)o1. The van der Waals surface area contributed by atoms with Crippen molar-refractivity contribution in [3.8, 4) is 0 Å². The molecule has 88 valence electrons. The number of rotatable bonds is 2. The van der Waals surface area contributed by atoms with E-state index in [0.29, 0.717) is 21.5 Å². The van der Waals surface area contributed by atoms with Crippen LogP contribution in [0, 0.1) is 6.92 Å². The number of amides is 1. The fraction of sp³-hybridized carbons (Fsp3) is 0.0833. The molecule has 0 saturated carbocycles. The zero-order valence-electron chi connectivity index (χ0n) is 8.96. The molecule has 0 atom stereocenters. The highest BCUT2D eigenvalue weighted by Crippen LogP contribution is 2.23. The molecule has 0 aliphatic rings. The quantitative estimate of drug-likeness (QED) is 0.890. The van der Waals surface area contributed by atoms with Crippen LogP contribution < -0.4 is 5.32 Å². The first-order chi connectivity index (χ1) is 8.04. The highest BCUT2D eigenvalue weighted by Gasteiger charge is 2.10. The molecule has 0 aliphatic carbocycles. The van der Waals surface area contributed by atoms with Gasteiger partial charge >= 0.3 is 0 Å². The van der Waals surface area contributed by atoms with Gasteiger partial charge in [-0.15, -0.1) is 0 Å². The minimum Gasteiger partial charge on any atom is -0.456 e. The second kappa shape index (κ2) is 4.82. The average Bonchev–Trinajstić information content (AvgIpc) is 2.63. The van der Waals surface area contributed by atoms with Crippen molar-refractivity contribution in [1.82, 2.24) is 0 Å². The monoisotopic (exact) mass is 269 g/mol. The molecule has 0 saturated heterocycles. The van der Waals surface area contributed by atoms with E-state index in [0.717, 1.165) is 0 Å². The van der Waals surface area contributed by atoms with E-state index in [2.05, 4.69) is 5.32 Å². The third-order valence-corrected chi connectivity index (χ3v) is 2.52. The Bertz CT molecular complexity index is 543. The van der Waals surface area contributed by atoms with Gasteiger partial charge in [-0.2, -0.15) is 0 Å². The first-order valence-electron chi connectivity index (χ1n) is 4.88. The largest absolute Gasteiger partial charge is 0.456 e. The van der Waals surface area contributed by atoms with Crippen LogP contribution in [0.4, 0.5) is 5.69 Å². The van der Waals surface area contributed by atoms with Crippen LogP contribution in [0.1, 0.15) is 16.3 Å². The van der Waals surface area contributed by atoms with Gasteiger partial charge < -0.3 is 9.73 Å². The second-order valence-corrected chi connectivity index (χ2v) is 4.40. The predicted octanol–water partition coefficient (Wildman–Crippen LogP) is 4.15. The number of aryl methyl sites for hydroxylation is 1. The summed E-state index contributed by atoms with van der Waals surface area (Å²) in [5, 5.41) is 3.57. The summed E-state index contributed by atoms with van der Waals surface area (Å²) in [7, 11) is 0. The van der Waals surface area contributed by atoms with Crippen molar-refractivity contribution in [1.29, 1.82) is 0 Å². The summed E-state index contributed by atoms with van der Waals surface area (Å²) in [5.74, 6) is 0.592. The van der Waals surface area contributed by atoms with Gasteiger partial charge in [-0.1, -0.05) is 23.2 Å². The van der Waals surface area contributed by atoms with E-state index in [1.54, 1.807) is 37.3 Å². The van der Waals surface area contributed by atoms with E-state index in [-0.39, 0.29) is 11.7 Å². The molecule has 0 unspecified atom stereocenters. The fourth-order valence-electron chi connectivity index (χ4n) is 1.38. The molecule has 1 N–H and O–H groups in total. The van der Waals surface area contributed by atoms with Crippen molar-refractivity contribution in [3.63, 3.8) is 0 Å². The lowest BCUT2D eigenvalue weighted by atomic mass is 10.3. The van der Waals surface area contributed by atoms with Crippen LogP contribution in [-0.4, -0.2) is 5.91 Å². The molecule has 1 aromatic heterocycles. The molecule has 0 bridgehead atoms. The Morgan fingerprint density at radius 3 is 2.35 bits per heavy atom. The lowest BCUT2D eigenvalue weighted by molar-refractivity contribution is 0.0995. The number of benzene rings is 1. The third kappa shape index (κ3) is 3.02. The minimum absolute atomic E-state index is 0.249. The smallest absolute Gasteiger partial charge is 0.291 e. The maximum Gasteiger partial charge on any atom is 0.291 e. The number of carbonyl (C=O) groups is 1. The van der Waals surface area contributed by atoms with Crippen molar-refractivity contribution < 1.29 is 9.21 Å². The van der Waals surface area contributed by atoms with Gasteiger partial charge in [-0.25, -0.2) is 0 Å². The summed E-state index contributed by atoms with van der Waals surface area (Å²) < 4.78 is 5.20. The van der Waals surface area contributed by atoms with Gasteiger partial charge in [-0.3, -0.25) is 4.79 Å². The van der Waals surface area contributed by atoms with Crippen molar-refractivity contribution in [3.05, 3.63) is 51.9 Å². The summed E-state index contributed by atoms with van der Waals surface area (Å²) >= 11 is 11.6. The number of hydrogen-bond acceptors (Lipinski definition) is 2. The Labute approximate surface area is 108 Å². The van der Waals surface area contributed by atoms with Crippen LogP contribution in [0.15, 0.2) is 34.7 Å². The van der Waals surface area contributed by atoms with Crippen molar-refractivity contribution in [2.45, 2.75) is 6.92 Å². The normalized spacial score (nSPS) is 10.3. The number of anilines is 1. The van der Waals surface area contributed by atoms with E-state index in [9.17, 15) is 4.79 Å². The third-order valence-electron chi connectivity index (χ3n) is 2.08. The lowest BCUT2D eigenvalue weighted by Gasteiger charge is -2.04. The average molecular weight is 270 g/mol. The fourth-order valence-corrected chi connectivity index (χ4v) is 1.90. The molecule has 5 heteroatoms. The van der Waals surface area contributed by atoms with Gasteiger partial charge in [0.1, 0.15) is 5.76 Å². The molecule has 3 nitrogen and oxygen atoms in total. The Morgan fingerprint density at radius 1 is 1.18 bits per heavy atom. The maximum atomic E-state index is 11.8. The lowest BCUT2D eigenvalue weighted by Crippen LogP contribution is -2.10. The summed E-state index contributed by atoms with van der Waals surface area (Å²) in [5.41, 5.74) is 0.529. The Balaban J connectivity index is 2.18. The first-order valence-corrected chi connectivity index (χ1v) is 5.64. The molecule has 2 aromatic rings. The molecule has 0 fully saturated rings. The van der Waals surface area contributed by atoms with Crippen LogP contribution in [0.25, 0.3) is 0 Å². The van der Waals surface area contributed by atoms with Gasteiger partial charge in [-0.05, 0) is 37.3 Å². The molecule has 1 heterocycles. The van der Waals surface area contributed by atoms with Crippen LogP contribution in [0.3, 0.4) is 0 Å². The number of hydrogen-bond donors (Lipinski definition) is 1. The zero-order chi connectivity index (χ0) is 12.4. The van der Waals surface area contributed by atoms with E-state index in [1.807, 2.05) is 0 Å². The van der Waals surface area contributed by atoms with Crippen molar-refractivity contribution in [2.75, 3.05) is 5.32 Å². The molecule has 1 amide bonds. The van der Waals surface area contributed by atoms with Gasteiger partial charge in [0.2, 0.25) is 0 Å². The van der Waals surface area contributed by atoms with Crippen molar-refractivity contribution >= 4 is 34.8 Å². The van der Waals surface area contributed by atoms with E-state index >= 15 is 0 Å². The van der Waals surface area contributed by atoms with E-state index in [4.69, 9.17) is 27.6 Å². The summed E-state index contributed by atoms with van der Waals surface area (Å²) in [4.78, 5) is 11.8. The van der Waals surface area contributed by atoms with Crippen LogP contribution >= 0.6 is 23.2 Å². The number of nitrogens with one attached hydrogen (secondary N) is 1. The standard InChI is InChI=1S/C12H9Cl2NO2/c1-7-2-3-11(17-7)12(16)15-10-5-8(13)4-9(14)6-10/h2-6H,1H3,(H,15,16). The molecule has 0 spiro atoms. The number of furan rings is 1. The number of halogens is 2. The molecule has 1 aromatic carbocycles. The molecule has 17 heavy (non-hydrogen) atoms. The van der Waals surface area contributed by atoms with Gasteiger partial charge in [0.25, 0.3) is 5.91 Å². The summed E-state index contributed by atoms with van der Waals surface area (Å²) in [6.45, 7) is 1.77. The Kier molecular flexibility index (Phi) is 3.41. The van der Waals surface area contributed by atoms with Gasteiger partial charge in [0, 0.05) is 15.7 Å². The highest BCUT2D eigenvalue weighted by molar-refractivity contribution is 6.35. The van der Waals surface area contributed by atoms with Gasteiger partial charge in [0.15, 0.2) is 5.76 Å². The molecular weight excluding hydrogens is 261 g/mol. The zero-order valence-corrected chi connectivity index (χ0v) is 10.5. The van der Waals surface area contributed by atoms with Crippen LogP contribution in [-0.2, 0) is 0 Å². The molecule has 2 rings (SSSR count). The van der Waals surface area contributed by atoms with E-state index in [1.165, 1.54) is 0 Å². The molecule has 0 aliphatic heterocycles. The topological polar surface area (TPSA) is 42.2 Å². The molecule has 0 radical (unpaired) electrons. The first kappa shape index (κ1) is 12.0. The molecular formula is C12H9Cl2NO2. The second-order valence-electron chi connectivity index (χ2n) is 3.52. The summed E-state index contributed by atoms with van der Waals surface area (Å²) in [6.07, 6.45) is 0. The van der Waals surface area contributed by atoms with Crippen LogP contribution in [0.5, 0.6) is 0 Å². The maximum absolute atomic E-state index is 11.8. The number of carbonyl (C=O) groups excluding carboxylic acids is 1. The Morgan fingerprint density at radius 2 is 1.82 bits per heavy atom. The van der Waals surface area contributed by atoms with Crippen molar-refractivity contribution in [2.24, 2.45) is 0 Å². The predicted molar refractivity (Wildman–Crippen MR) is 67.9 cm³/mol. The van der Waals surface area contributed by atoms with Gasteiger partial charge in [0.05, 0.1) is 0 Å². The highest BCUT2D eigenvalue weighted by atomic mass is 35.5.